The van der Waals surface area contributed by atoms with Crippen LogP contribution in [0.5, 0.6) is 11.5 Å². The molecule has 1 saturated heterocycles. The number of hydrogen-bond donors (Lipinski definition) is 0. The van der Waals surface area contributed by atoms with E-state index in [2.05, 4.69) is 0 Å². The van der Waals surface area contributed by atoms with Crippen LogP contribution in [0.3, 0.4) is 0 Å². The van der Waals surface area contributed by atoms with Crippen LogP contribution in [0.15, 0.2) is 66.7 Å². The highest BCUT2D eigenvalue weighted by Gasteiger charge is 2.46. The first-order valence-corrected chi connectivity index (χ1v) is 12.1. The minimum Gasteiger partial charge on any atom is -0.497 e. The molecule has 0 aromatic heterocycles. The molecule has 7 heteroatoms. The van der Waals surface area contributed by atoms with Crippen molar-refractivity contribution in [1.29, 1.82) is 0 Å². The molecule has 1 heterocycles. The van der Waals surface area contributed by atoms with Crippen molar-refractivity contribution in [1.82, 2.24) is 4.90 Å². The zero-order valence-corrected chi connectivity index (χ0v) is 21.4. The van der Waals surface area contributed by atoms with Gasteiger partial charge in [0.25, 0.3) is 0 Å². The van der Waals surface area contributed by atoms with Crippen LogP contribution in [0.4, 0.5) is 4.39 Å². The zero-order chi connectivity index (χ0) is 26.7. The average molecular weight is 504 g/mol. The fourth-order valence-electron chi connectivity index (χ4n) is 5.21. The molecule has 0 N–H and O–H groups in total. The predicted octanol–water partition coefficient (Wildman–Crippen LogP) is 5.10. The smallest absolute Gasteiger partial charge is 0.219 e. The lowest BCUT2D eigenvalue weighted by atomic mass is 9.67. The van der Waals surface area contributed by atoms with E-state index in [9.17, 15) is 18.8 Å². The number of rotatable bonds is 7. The third-order valence-electron chi connectivity index (χ3n) is 7.20. The summed E-state index contributed by atoms with van der Waals surface area (Å²) in [6.07, 6.45) is 0. The van der Waals surface area contributed by atoms with E-state index < -0.39 is 23.6 Å². The second kappa shape index (κ2) is 10.9. The van der Waals surface area contributed by atoms with E-state index in [1.165, 1.54) is 32.1 Å². The van der Waals surface area contributed by atoms with E-state index in [-0.39, 0.29) is 30.6 Å². The Balaban J connectivity index is 1.88. The van der Waals surface area contributed by atoms with Gasteiger partial charge in [-0.25, -0.2) is 4.39 Å². The molecule has 0 bridgehead atoms. The molecule has 0 spiro atoms. The SMILES string of the molecule is COc1cccc(C(=O)C2CN(C(C)=O)CC(C(=O)c3cccc(OC)c3)C2c2cccc(F)c2C)c1. The summed E-state index contributed by atoms with van der Waals surface area (Å²) in [7, 11) is 3.03. The Morgan fingerprint density at radius 3 is 1.76 bits per heavy atom. The number of amides is 1. The van der Waals surface area contributed by atoms with Crippen LogP contribution in [0.2, 0.25) is 0 Å². The zero-order valence-electron chi connectivity index (χ0n) is 21.4. The van der Waals surface area contributed by atoms with Crippen LogP contribution >= 0.6 is 0 Å². The van der Waals surface area contributed by atoms with Crippen LogP contribution in [0.25, 0.3) is 0 Å². The van der Waals surface area contributed by atoms with Crippen LogP contribution in [0.1, 0.15) is 44.7 Å². The van der Waals surface area contributed by atoms with Gasteiger partial charge in [0, 0.05) is 48.9 Å². The first-order valence-electron chi connectivity index (χ1n) is 12.1. The standard InChI is InChI=1S/C30H30FNO5/c1-18-24(12-7-13-27(18)31)28-25(29(34)20-8-5-10-22(14-20)36-3)16-32(19(2)33)17-26(28)30(35)21-9-6-11-23(15-21)37-4/h5-15,25-26,28H,16-17H2,1-4H3. The summed E-state index contributed by atoms with van der Waals surface area (Å²) in [5.41, 5.74) is 1.78. The van der Waals surface area contributed by atoms with Gasteiger partial charge in [-0.15, -0.1) is 0 Å². The van der Waals surface area contributed by atoms with Crippen LogP contribution in [-0.4, -0.2) is 49.7 Å². The van der Waals surface area contributed by atoms with Crippen molar-refractivity contribution in [3.8, 4) is 11.5 Å². The maximum atomic E-state index is 14.8. The van der Waals surface area contributed by atoms with Crippen molar-refractivity contribution in [3.63, 3.8) is 0 Å². The Morgan fingerprint density at radius 2 is 1.30 bits per heavy atom. The fraction of sp³-hybridized carbons (Fsp3) is 0.300. The molecule has 192 valence electrons. The van der Waals surface area contributed by atoms with Gasteiger partial charge < -0.3 is 14.4 Å². The Hall–Kier alpha value is -4.00. The van der Waals surface area contributed by atoms with E-state index in [4.69, 9.17) is 9.47 Å². The number of carbonyl (C=O) groups excluding carboxylic acids is 3. The minimum absolute atomic E-state index is 0.119. The summed E-state index contributed by atoms with van der Waals surface area (Å²) in [6.45, 7) is 3.32. The monoisotopic (exact) mass is 503 g/mol. The molecule has 1 aliphatic heterocycles. The minimum atomic E-state index is -0.773. The Labute approximate surface area is 216 Å². The number of benzene rings is 3. The second-order valence-corrected chi connectivity index (χ2v) is 9.31. The molecule has 3 aromatic carbocycles. The molecule has 4 rings (SSSR count). The first kappa shape index (κ1) is 26.1. The van der Waals surface area contributed by atoms with Gasteiger partial charge in [0.1, 0.15) is 17.3 Å². The van der Waals surface area contributed by atoms with Crippen molar-refractivity contribution in [2.24, 2.45) is 11.8 Å². The van der Waals surface area contributed by atoms with Gasteiger partial charge in [-0.05, 0) is 48.4 Å². The molecule has 37 heavy (non-hydrogen) atoms. The Bertz CT molecular complexity index is 1270. The summed E-state index contributed by atoms with van der Waals surface area (Å²) >= 11 is 0. The summed E-state index contributed by atoms with van der Waals surface area (Å²) in [5.74, 6) is -2.27. The molecule has 2 atom stereocenters. The third-order valence-corrected chi connectivity index (χ3v) is 7.20. The predicted molar refractivity (Wildman–Crippen MR) is 138 cm³/mol. The average Bonchev–Trinajstić information content (AvgIpc) is 2.93. The van der Waals surface area contributed by atoms with E-state index >= 15 is 0 Å². The molecule has 3 aromatic rings. The van der Waals surface area contributed by atoms with E-state index in [0.29, 0.717) is 33.8 Å². The summed E-state index contributed by atoms with van der Waals surface area (Å²) < 4.78 is 25.4. The lowest BCUT2D eigenvalue weighted by Gasteiger charge is -2.43. The molecular weight excluding hydrogens is 473 g/mol. The number of ketones is 2. The normalized spacial score (nSPS) is 19.3. The number of piperidine rings is 1. The number of carbonyl (C=O) groups is 3. The van der Waals surface area contributed by atoms with Crippen molar-refractivity contribution >= 4 is 17.5 Å². The van der Waals surface area contributed by atoms with Gasteiger partial charge in [0.15, 0.2) is 11.6 Å². The molecule has 6 nitrogen and oxygen atoms in total. The molecule has 0 aliphatic carbocycles. The Kier molecular flexibility index (Phi) is 7.71. The maximum Gasteiger partial charge on any atom is 0.219 e. The largest absolute Gasteiger partial charge is 0.497 e. The Morgan fingerprint density at radius 1 is 0.811 bits per heavy atom. The number of likely N-dealkylation sites (tertiary alicyclic amines) is 1. The maximum absolute atomic E-state index is 14.8. The van der Waals surface area contributed by atoms with Gasteiger partial charge in [0.05, 0.1) is 14.2 Å². The third kappa shape index (κ3) is 5.26. The van der Waals surface area contributed by atoms with Crippen molar-refractivity contribution in [2.45, 2.75) is 19.8 Å². The van der Waals surface area contributed by atoms with E-state index in [1.54, 1.807) is 67.6 Å². The van der Waals surface area contributed by atoms with Crippen LogP contribution in [-0.2, 0) is 4.79 Å². The topological polar surface area (TPSA) is 72.9 Å². The van der Waals surface area contributed by atoms with E-state index in [0.717, 1.165) is 0 Å². The van der Waals surface area contributed by atoms with Gasteiger partial charge in [-0.2, -0.15) is 0 Å². The summed E-state index contributed by atoms with van der Waals surface area (Å²) in [6, 6.07) is 18.3. The molecule has 1 amide bonds. The summed E-state index contributed by atoms with van der Waals surface area (Å²) in [4.78, 5) is 42.1. The molecule has 0 radical (unpaired) electrons. The summed E-state index contributed by atoms with van der Waals surface area (Å²) in [5, 5.41) is 0. The fourth-order valence-corrected chi connectivity index (χ4v) is 5.21. The molecular formula is C30H30FNO5. The van der Waals surface area contributed by atoms with Crippen LogP contribution < -0.4 is 9.47 Å². The number of ether oxygens (including phenoxy) is 2. The van der Waals surface area contributed by atoms with Crippen molar-refractivity contribution in [2.75, 3.05) is 27.3 Å². The number of halogens is 1. The number of hydrogen-bond acceptors (Lipinski definition) is 5. The highest BCUT2D eigenvalue weighted by molar-refractivity contribution is 6.03. The number of nitrogens with zero attached hydrogens (tertiary/aromatic N) is 1. The second-order valence-electron chi connectivity index (χ2n) is 9.31. The van der Waals surface area contributed by atoms with Gasteiger partial charge in [0.2, 0.25) is 5.91 Å². The quantitative estimate of drug-likeness (QED) is 0.420. The van der Waals surface area contributed by atoms with Gasteiger partial charge >= 0.3 is 0 Å². The van der Waals surface area contributed by atoms with Crippen LogP contribution in [0, 0.1) is 24.6 Å². The van der Waals surface area contributed by atoms with Gasteiger partial charge in [-0.1, -0.05) is 36.4 Å². The highest BCUT2D eigenvalue weighted by atomic mass is 19.1. The van der Waals surface area contributed by atoms with E-state index in [1.807, 2.05) is 0 Å². The first-order chi connectivity index (χ1) is 17.7. The van der Waals surface area contributed by atoms with Crippen molar-refractivity contribution in [3.05, 3.63) is 94.8 Å². The van der Waals surface area contributed by atoms with Crippen molar-refractivity contribution < 1.29 is 28.2 Å². The molecule has 2 unspecified atom stereocenters. The highest BCUT2D eigenvalue weighted by Crippen LogP contribution is 2.42. The molecule has 1 aliphatic rings. The molecule has 0 saturated carbocycles. The molecule has 1 fully saturated rings. The number of methoxy groups -OCH3 is 2. The lowest BCUT2D eigenvalue weighted by Crippen LogP contribution is -2.52. The van der Waals surface area contributed by atoms with Gasteiger partial charge in [-0.3, -0.25) is 14.4 Å². The lowest BCUT2D eigenvalue weighted by molar-refractivity contribution is -0.131. The number of Topliss-reactive ketones (excluding diaryl/α,β-unsaturated/α-hetero) is 2.